The van der Waals surface area contributed by atoms with Crippen LogP contribution < -0.4 is 15.7 Å². The number of anilines is 1. The Hall–Kier alpha value is -2.61. The molecule has 2 radical (unpaired) electrons. The lowest BCUT2D eigenvalue weighted by Gasteiger charge is -2.45. The summed E-state index contributed by atoms with van der Waals surface area (Å²) in [7, 11) is 9.35. The van der Waals surface area contributed by atoms with E-state index in [4.69, 9.17) is 7.85 Å². The van der Waals surface area contributed by atoms with Gasteiger partial charge < -0.3 is 10.2 Å². The first-order valence-electron chi connectivity index (χ1n) is 9.12. The van der Waals surface area contributed by atoms with E-state index in [9.17, 15) is 9.59 Å². The van der Waals surface area contributed by atoms with Crippen molar-refractivity contribution in [3.05, 3.63) is 46.2 Å². The highest BCUT2D eigenvalue weighted by molar-refractivity contribution is 7.11. The molecule has 2 aliphatic rings. The molecule has 0 saturated carbocycles. The largest absolute Gasteiger partial charge is 0.345 e. The smallest absolute Gasteiger partial charge is 0.239 e. The zero-order valence-electron chi connectivity index (χ0n) is 16.1. The molecule has 2 aromatic rings. The van der Waals surface area contributed by atoms with Gasteiger partial charge in [-0.15, -0.1) is 11.3 Å². The summed E-state index contributed by atoms with van der Waals surface area (Å²) >= 11 is 1.52. The Balaban J connectivity index is 1.77. The van der Waals surface area contributed by atoms with Gasteiger partial charge in [-0.05, 0) is 30.0 Å². The van der Waals surface area contributed by atoms with Crippen molar-refractivity contribution in [3.63, 3.8) is 0 Å². The van der Waals surface area contributed by atoms with Gasteiger partial charge in [0, 0.05) is 37.6 Å². The zero-order valence-corrected chi connectivity index (χ0v) is 16.9. The molecule has 1 N–H and O–H groups in total. The minimum Gasteiger partial charge on any atom is -0.345 e. The molecule has 1 unspecified atom stereocenters. The minimum absolute atomic E-state index is 0.0402. The summed E-state index contributed by atoms with van der Waals surface area (Å²) in [5.41, 5.74) is 1.73. The van der Waals surface area contributed by atoms with Crippen LogP contribution in [-0.4, -0.2) is 51.2 Å². The van der Waals surface area contributed by atoms with Gasteiger partial charge in [-0.1, -0.05) is 23.7 Å². The minimum atomic E-state index is -0.686. The van der Waals surface area contributed by atoms with E-state index in [1.54, 1.807) is 23.9 Å². The highest BCUT2D eigenvalue weighted by Gasteiger charge is 2.49. The molecule has 4 rings (SSSR count). The fraction of sp³-hybridized carbons (Fsp3) is 0.350. The fourth-order valence-corrected chi connectivity index (χ4v) is 4.83. The second-order valence-corrected chi connectivity index (χ2v) is 8.25. The van der Waals surface area contributed by atoms with Crippen molar-refractivity contribution in [1.82, 2.24) is 10.2 Å². The lowest BCUT2D eigenvalue weighted by Crippen LogP contribution is -2.62. The van der Waals surface area contributed by atoms with E-state index >= 15 is 0 Å². The number of carbonyl (C=O) groups excluding carboxylic acids is 2. The predicted octanol–water partition coefficient (Wildman–Crippen LogP) is 1.32. The molecule has 6 nitrogen and oxygen atoms in total. The summed E-state index contributed by atoms with van der Waals surface area (Å²) < 4.78 is 0. The summed E-state index contributed by atoms with van der Waals surface area (Å²) in [4.78, 5) is 33.6. The highest BCUT2D eigenvalue weighted by atomic mass is 32.1. The molecule has 28 heavy (non-hydrogen) atoms. The van der Waals surface area contributed by atoms with Crippen molar-refractivity contribution in [2.45, 2.75) is 24.8 Å². The number of rotatable bonds is 3. The molecule has 1 aromatic carbocycles. The Bertz CT molecular complexity index is 971. The number of likely N-dealkylation sites (N-methyl/N-ethyl adjacent to an activating group) is 1. The van der Waals surface area contributed by atoms with Crippen molar-refractivity contribution >= 4 is 48.1 Å². The molecule has 3 heterocycles. The van der Waals surface area contributed by atoms with Crippen molar-refractivity contribution in [2.24, 2.45) is 4.99 Å². The third-order valence-corrected chi connectivity index (χ3v) is 6.76. The Kier molecular flexibility index (Phi) is 4.54. The molecule has 2 fully saturated rings. The van der Waals surface area contributed by atoms with E-state index in [-0.39, 0.29) is 11.8 Å². The molecule has 2 aliphatic heterocycles. The average molecular weight is 392 g/mol. The number of β-lactam (4-membered cyclic amide) rings is 1. The Morgan fingerprint density at radius 3 is 2.50 bits per heavy atom. The molecular formula is C20H21BN4O2S. The van der Waals surface area contributed by atoms with Gasteiger partial charge >= 0.3 is 0 Å². The van der Waals surface area contributed by atoms with Crippen LogP contribution in [0.2, 0.25) is 0 Å². The summed E-state index contributed by atoms with van der Waals surface area (Å²) in [6.45, 7) is 2.75. The first kappa shape index (κ1) is 18.7. The monoisotopic (exact) mass is 392 g/mol. The number of hydrogen-bond acceptors (Lipinski definition) is 4. The van der Waals surface area contributed by atoms with E-state index < -0.39 is 11.5 Å². The van der Waals surface area contributed by atoms with E-state index in [0.29, 0.717) is 17.8 Å². The molecule has 8 heteroatoms. The summed E-state index contributed by atoms with van der Waals surface area (Å²) in [5, 5.41) is 5.33. The third kappa shape index (κ3) is 2.83. The standard InChI is InChI=1S/C20H21BN4O2S/c1-20(15-10-13(21)11-28-15)17(18(27)24(3)19(22-2)23-20)12-4-6-14(7-5-12)25-9-8-16(25)26/h4-7,10-11,17H,8-9H2,1-3H3,(H,22,23)/t17?,20-/m1/s1. The number of guanidine groups is 1. The molecule has 0 bridgehead atoms. The summed E-state index contributed by atoms with van der Waals surface area (Å²) in [6, 6.07) is 9.59. The van der Waals surface area contributed by atoms with Crippen molar-refractivity contribution in [1.29, 1.82) is 0 Å². The van der Waals surface area contributed by atoms with Crippen molar-refractivity contribution in [3.8, 4) is 0 Å². The molecule has 2 saturated heterocycles. The predicted molar refractivity (Wildman–Crippen MR) is 112 cm³/mol. The number of carbonyl (C=O) groups is 2. The molecule has 1 aromatic heterocycles. The number of amides is 2. The first-order valence-corrected chi connectivity index (χ1v) is 10.0. The second kappa shape index (κ2) is 6.77. The summed E-state index contributed by atoms with van der Waals surface area (Å²) in [6.07, 6.45) is 0.592. The normalized spacial score (nSPS) is 26.4. The van der Waals surface area contributed by atoms with Crippen molar-refractivity contribution in [2.75, 3.05) is 25.5 Å². The van der Waals surface area contributed by atoms with Crippen molar-refractivity contribution < 1.29 is 9.59 Å². The maximum Gasteiger partial charge on any atom is 0.239 e. The average Bonchev–Trinajstić information content (AvgIpc) is 3.12. The maximum absolute atomic E-state index is 13.3. The van der Waals surface area contributed by atoms with Gasteiger partial charge in [0.1, 0.15) is 7.85 Å². The lowest BCUT2D eigenvalue weighted by atomic mass is 9.76. The highest BCUT2D eigenvalue weighted by Crippen LogP contribution is 2.42. The van der Waals surface area contributed by atoms with E-state index in [1.807, 2.05) is 42.6 Å². The number of thiophene rings is 1. The van der Waals surface area contributed by atoms with Crippen LogP contribution in [0.4, 0.5) is 5.69 Å². The summed E-state index contributed by atoms with van der Waals surface area (Å²) in [5.74, 6) is 0.160. The molecule has 0 aliphatic carbocycles. The molecular weight excluding hydrogens is 371 g/mol. The number of hydrogen-bond donors (Lipinski definition) is 1. The van der Waals surface area contributed by atoms with Gasteiger partial charge in [0.2, 0.25) is 17.8 Å². The quantitative estimate of drug-likeness (QED) is 0.633. The van der Waals surface area contributed by atoms with Crippen LogP contribution in [0.25, 0.3) is 0 Å². The van der Waals surface area contributed by atoms with Gasteiger partial charge in [-0.25, -0.2) is 0 Å². The first-order chi connectivity index (χ1) is 13.3. The topological polar surface area (TPSA) is 65.0 Å². The van der Waals surface area contributed by atoms with Crippen LogP contribution in [-0.2, 0) is 15.1 Å². The van der Waals surface area contributed by atoms with Crippen LogP contribution >= 0.6 is 11.3 Å². The van der Waals surface area contributed by atoms with Crippen LogP contribution in [0.5, 0.6) is 0 Å². The second-order valence-electron chi connectivity index (χ2n) is 7.34. The SMILES string of the molecule is [B]c1csc([C@@]2(C)NC(=NC)N(C)C(=O)C2c2ccc(N3CCC3=O)cc2)c1. The van der Waals surface area contributed by atoms with Gasteiger partial charge in [0.25, 0.3) is 0 Å². The molecule has 0 spiro atoms. The molecule has 142 valence electrons. The van der Waals surface area contributed by atoms with Gasteiger partial charge in [0.05, 0.1) is 11.5 Å². The van der Waals surface area contributed by atoms with E-state index in [1.165, 1.54) is 11.3 Å². The maximum atomic E-state index is 13.3. The van der Waals surface area contributed by atoms with Crippen LogP contribution in [0.3, 0.4) is 0 Å². The number of nitrogens with zero attached hydrogens (tertiary/aromatic N) is 3. The van der Waals surface area contributed by atoms with E-state index in [0.717, 1.165) is 22.7 Å². The van der Waals surface area contributed by atoms with Gasteiger partial charge in [-0.3, -0.25) is 19.5 Å². The van der Waals surface area contributed by atoms with Gasteiger partial charge in [0.15, 0.2) is 0 Å². The lowest BCUT2D eigenvalue weighted by molar-refractivity contribution is -0.131. The number of nitrogens with one attached hydrogen (secondary N) is 1. The van der Waals surface area contributed by atoms with Crippen LogP contribution in [0.1, 0.15) is 29.7 Å². The number of benzene rings is 1. The zero-order chi connectivity index (χ0) is 20.1. The number of aliphatic imine (C=N–C) groups is 1. The molecule has 2 atom stereocenters. The third-order valence-electron chi connectivity index (χ3n) is 5.58. The Morgan fingerprint density at radius 1 is 1.29 bits per heavy atom. The van der Waals surface area contributed by atoms with E-state index in [2.05, 4.69) is 10.3 Å². The van der Waals surface area contributed by atoms with Crippen LogP contribution in [0.15, 0.2) is 40.7 Å². The molecule has 2 amide bonds. The van der Waals surface area contributed by atoms with Crippen LogP contribution in [0, 0.1) is 0 Å². The van der Waals surface area contributed by atoms with Gasteiger partial charge in [-0.2, -0.15) is 0 Å². The Morgan fingerprint density at radius 2 is 2.00 bits per heavy atom. The Labute approximate surface area is 169 Å². The fourth-order valence-electron chi connectivity index (χ4n) is 3.88.